The summed E-state index contributed by atoms with van der Waals surface area (Å²) in [5.74, 6) is -5.84. The van der Waals surface area contributed by atoms with Crippen LogP contribution in [0.4, 0.5) is 39.7 Å². The van der Waals surface area contributed by atoms with E-state index in [0.717, 1.165) is 0 Å². The zero-order chi connectivity index (χ0) is 14.3. The number of alkyl halides is 7. The Balaban J connectivity index is 5.32. The molecule has 0 spiro atoms. The van der Waals surface area contributed by atoms with Gasteiger partial charge < -0.3 is 4.74 Å². The van der Waals surface area contributed by atoms with Crippen molar-refractivity contribution in [2.75, 3.05) is 0 Å². The molecule has 0 amide bonds. The fraction of sp³-hybridized carbons (Fsp3) is 1.00. The molecule has 0 aliphatic heterocycles. The molecule has 1 atom stereocenters. The second-order valence-corrected chi connectivity index (χ2v) is 3.40. The summed E-state index contributed by atoms with van der Waals surface area (Å²) in [5, 5.41) is -3.11. The summed E-state index contributed by atoms with van der Waals surface area (Å²) in [6, 6.07) is 0. The molecule has 0 radical (unpaired) electrons. The van der Waals surface area contributed by atoms with Crippen LogP contribution in [0.5, 0.6) is 0 Å². The Morgan fingerprint density at radius 2 is 1.12 bits per heavy atom. The fourth-order valence-corrected chi connectivity index (χ4v) is 0.584. The number of ether oxygens (including phenoxy) is 1. The molecule has 0 bridgehead atoms. The number of hydrogen-bond donors (Lipinski definition) is 0. The van der Waals surface area contributed by atoms with E-state index in [9.17, 15) is 39.7 Å². The van der Waals surface area contributed by atoms with Gasteiger partial charge in [0.2, 0.25) is 0 Å². The van der Waals surface area contributed by atoms with Crippen LogP contribution in [-0.2, 0) is 4.74 Å². The largest absolute Gasteiger partial charge is 0.469 e. The first-order valence-corrected chi connectivity index (χ1v) is 3.79. The van der Waals surface area contributed by atoms with Crippen molar-refractivity contribution in [2.45, 2.75) is 37.8 Å². The number of rotatable bonds is 3. The van der Waals surface area contributed by atoms with Gasteiger partial charge in [-0.15, -0.1) is 0 Å². The highest BCUT2D eigenvalue weighted by Crippen LogP contribution is 2.45. The van der Waals surface area contributed by atoms with E-state index < -0.39 is 29.3 Å². The molecule has 1 unspecified atom stereocenters. The first-order chi connectivity index (χ1) is 7.15. The van der Waals surface area contributed by atoms with Crippen LogP contribution in [0.25, 0.3) is 0 Å². The first-order valence-electron chi connectivity index (χ1n) is 3.79. The third-order valence-corrected chi connectivity index (χ3v) is 1.64. The van der Waals surface area contributed by atoms with Crippen molar-refractivity contribution in [2.24, 2.45) is 0 Å². The average molecular weight is 279 g/mol. The topological polar surface area (TPSA) is 12.5 Å². The first kappa shape index (κ1) is 16.3. The van der Waals surface area contributed by atoms with Crippen molar-refractivity contribution in [3.8, 4) is 0 Å². The van der Waals surface area contributed by atoms with Crippen molar-refractivity contribution >= 4 is 0 Å². The quantitative estimate of drug-likeness (QED) is 0.339. The Morgan fingerprint density at radius 1 is 0.765 bits per heavy atom. The van der Waals surface area contributed by atoms with Crippen molar-refractivity contribution < 1.29 is 44.4 Å². The molecule has 0 saturated carbocycles. The Morgan fingerprint density at radius 3 is 1.29 bits per heavy atom. The summed E-state index contributed by atoms with van der Waals surface area (Å²) in [5.41, 5.74) is -3.76. The second kappa shape index (κ2) is 4.19. The van der Waals surface area contributed by atoms with Crippen LogP contribution in [0, 0.1) is 0 Å². The molecule has 0 aromatic carbocycles. The zero-order valence-corrected chi connectivity index (χ0v) is 8.26. The number of hydrogen-bond acceptors (Lipinski definition) is 2. The van der Waals surface area contributed by atoms with Gasteiger partial charge in [0.25, 0.3) is 0 Å². The molecule has 0 aromatic heterocycles. The van der Waals surface area contributed by atoms with Gasteiger partial charge in [-0.3, -0.25) is 0 Å². The third-order valence-electron chi connectivity index (χ3n) is 1.64. The summed E-state index contributed by atoms with van der Waals surface area (Å²) in [6.45, 7) is -0.0346. The van der Waals surface area contributed by atoms with Gasteiger partial charge in [0.15, 0.2) is 5.60 Å². The fourth-order valence-electron chi connectivity index (χ4n) is 0.584. The van der Waals surface area contributed by atoms with Crippen molar-refractivity contribution in [1.82, 2.24) is 5.34 Å². The average Bonchev–Trinajstić information content (AvgIpc) is 1.98. The number of nitrogens with zero attached hydrogens (tertiary/aromatic N) is 1. The van der Waals surface area contributed by atoms with Crippen LogP contribution in [-0.4, -0.2) is 29.3 Å². The van der Waals surface area contributed by atoms with Crippen LogP contribution in [0.15, 0.2) is 0 Å². The molecule has 0 heterocycles. The summed E-state index contributed by atoms with van der Waals surface area (Å²) >= 11 is 0. The Kier molecular flexibility index (Phi) is 4.02. The van der Waals surface area contributed by atoms with Crippen LogP contribution in [0.3, 0.4) is 0 Å². The van der Waals surface area contributed by atoms with Crippen molar-refractivity contribution in [1.29, 1.82) is 0 Å². The lowest BCUT2D eigenvalue weighted by molar-refractivity contribution is -0.498. The Labute approximate surface area is 88.8 Å². The lowest BCUT2D eigenvalue weighted by Gasteiger charge is -2.36. The maximum atomic E-state index is 12.8. The van der Waals surface area contributed by atoms with Crippen molar-refractivity contribution in [3.63, 3.8) is 0 Å². The van der Waals surface area contributed by atoms with Gasteiger partial charge in [0, 0.05) is 0 Å². The van der Waals surface area contributed by atoms with Gasteiger partial charge in [-0.05, 0) is 13.8 Å². The van der Waals surface area contributed by atoms with E-state index in [0.29, 0.717) is 0 Å². The summed E-state index contributed by atoms with van der Waals surface area (Å²) in [4.78, 5) is 0. The van der Waals surface area contributed by atoms with Crippen LogP contribution >= 0.6 is 0 Å². The molecular weight excluding hydrogens is 273 g/mol. The Bertz CT molecular complexity index is 270. The zero-order valence-electron chi connectivity index (χ0n) is 8.26. The third kappa shape index (κ3) is 3.15. The van der Waals surface area contributed by atoms with E-state index in [2.05, 4.69) is 4.74 Å². The molecule has 0 aliphatic rings. The van der Waals surface area contributed by atoms with Gasteiger partial charge in [0.1, 0.15) is 0 Å². The minimum Gasteiger partial charge on any atom is -0.307 e. The van der Waals surface area contributed by atoms with Crippen LogP contribution < -0.4 is 0 Å². The molecule has 2 nitrogen and oxygen atoms in total. The van der Waals surface area contributed by atoms with E-state index in [4.69, 9.17) is 0 Å². The van der Waals surface area contributed by atoms with E-state index in [1.165, 1.54) is 0 Å². The lowest BCUT2D eigenvalue weighted by Crippen LogP contribution is -2.58. The second-order valence-electron chi connectivity index (χ2n) is 3.40. The molecule has 0 aliphatic carbocycles. The molecule has 11 heteroatoms. The summed E-state index contributed by atoms with van der Waals surface area (Å²) in [7, 11) is 0. The lowest BCUT2D eigenvalue weighted by atomic mass is 10.1. The highest BCUT2D eigenvalue weighted by Gasteiger charge is 2.69. The predicted octanol–water partition coefficient (Wildman–Crippen LogP) is 3.60. The van der Waals surface area contributed by atoms with Gasteiger partial charge in [-0.1, -0.05) is 8.96 Å². The monoisotopic (exact) mass is 279 g/mol. The van der Waals surface area contributed by atoms with E-state index in [1.807, 2.05) is 0 Å². The van der Waals surface area contributed by atoms with Gasteiger partial charge in [-0.25, -0.2) is 0 Å². The normalized spacial score (nSPS) is 18.4. The van der Waals surface area contributed by atoms with E-state index in [-0.39, 0.29) is 13.8 Å². The molecule has 0 fully saturated rings. The highest BCUT2D eigenvalue weighted by atomic mass is 19.4. The smallest absolute Gasteiger partial charge is 0.307 e. The molecule has 0 saturated heterocycles. The molecule has 17 heavy (non-hydrogen) atoms. The predicted molar refractivity (Wildman–Crippen MR) is 35.2 cm³/mol. The highest BCUT2D eigenvalue weighted by molar-refractivity contribution is 4.83. The maximum Gasteiger partial charge on any atom is 0.469 e. The minimum atomic E-state index is -6.36. The molecule has 0 N–H and O–H groups in total. The standard InChI is InChI=1S/C6H6F9NO/c1-3(2,4(7,8)9)17-6(13,16(14)15)5(10,11)12/h1-2H3. The van der Waals surface area contributed by atoms with Gasteiger partial charge in [-0.2, -0.15) is 30.7 Å². The van der Waals surface area contributed by atoms with Crippen LogP contribution in [0.2, 0.25) is 0 Å². The molecule has 104 valence electrons. The van der Waals surface area contributed by atoms with E-state index in [1.54, 1.807) is 0 Å². The molecule has 0 rings (SSSR count). The SMILES string of the molecule is CC(C)(OC(F)(N(F)F)C(F)(F)F)C(F)(F)F. The molecule has 0 aromatic rings. The minimum absolute atomic E-state index is 0.0173. The molecular formula is C6H6F9NO. The summed E-state index contributed by atoms with van der Waals surface area (Å²) in [6.07, 6.45) is -11.8. The Hall–Kier alpha value is -0.710. The van der Waals surface area contributed by atoms with Gasteiger partial charge >= 0.3 is 18.3 Å². The maximum absolute atomic E-state index is 12.8. The van der Waals surface area contributed by atoms with E-state index >= 15 is 0 Å². The van der Waals surface area contributed by atoms with Gasteiger partial charge in [0.05, 0.1) is 5.34 Å². The van der Waals surface area contributed by atoms with Crippen LogP contribution in [0.1, 0.15) is 13.8 Å². The number of halogens is 9. The summed E-state index contributed by atoms with van der Waals surface area (Å²) < 4.78 is 111. The van der Waals surface area contributed by atoms with Crippen molar-refractivity contribution in [3.05, 3.63) is 0 Å².